The van der Waals surface area contributed by atoms with Crippen LogP contribution >= 0.6 is 0 Å². The van der Waals surface area contributed by atoms with Crippen LogP contribution in [0.4, 0.5) is 0 Å². The lowest BCUT2D eigenvalue weighted by Gasteiger charge is -2.11. The normalized spacial score (nSPS) is 10.9. The number of ether oxygens (including phenoxy) is 1. The average Bonchev–Trinajstić information content (AvgIpc) is 2.84. The van der Waals surface area contributed by atoms with Crippen LogP contribution in [0.1, 0.15) is 25.1 Å². The molecule has 2 aromatic rings. The number of hydrogen-bond acceptors (Lipinski definition) is 3. The van der Waals surface area contributed by atoms with Crippen LogP contribution in [-0.2, 0) is 13.1 Å². The standard InChI is InChI=1S/C15H21N3O/c1-12(2)17-9-14-8-16-11-18(14)10-13-4-6-15(19-3)7-5-13/h4-8,11-12,17H,9-10H2,1-3H3. The molecule has 0 bridgehead atoms. The van der Waals surface area contributed by atoms with Crippen molar-refractivity contribution in [3.63, 3.8) is 0 Å². The summed E-state index contributed by atoms with van der Waals surface area (Å²) in [5, 5.41) is 3.41. The van der Waals surface area contributed by atoms with Crippen molar-refractivity contribution >= 4 is 0 Å². The quantitative estimate of drug-likeness (QED) is 0.866. The molecule has 0 saturated carbocycles. The third-order valence-electron chi connectivity index (χ3n) is 3.00. The van der Waals surface area contributed by atoms with Crippen LogP contribution in [0.2, 0.25) is 0 Å². The highest BCUT2D eigenvalue weighted by atomic mass is 16.5. The molecule has 19 heavy (non-hydrogen) atoms. The second-order valence-electron chi connectivity index (χ2n) is 4.90. The Kier molecular flexibility index (Phi) is 4.58. The van der Waals surface area contributed by atoms with E-state index in [0.29, 0.717) is 6.04 Å². The van der Waals surface area contributed by atoms with Gasteiger partial charge in [0.15, 0.2) is 0 Å². The molecule has 0 atom stereocenters. The monoisotopic (exact) mass is 259 g/mol. The lowest BCUT2D eigenvalue weighted by molar-refractivity contribution is 0.414. The summed E-state index contributed by atoms with van der Waals surface area (Å²) in [5.74, 6) is 0.885. The van der Waals surface area contributed by atoms with Crippen molar-refractivity contribution in [2.75, 3.05) is 7.11 Å². The maximum absolute atomic E-state index is 5.16. The second-order valence-corrected chi connectivity index (χ2v) is 4.90. The zero-order valence-electron chi connectivity index (χ0n) is 11.8. The molecule has 1 aromatic heterocycles. The first-order chi connectivity index (χ1) is 9.19. The molecule has 0 aliphatic heterocycles. The first-order valence-corrected chi connectivity index (χ1v) is 6.54. The van der Waals surface area contributed by atoms with E-state index in [1.807, 2.05) is 24.7 Å². The number of methoxy groups -OCH3 is 1. The first-order valence-electron chi connectivity index (χ1n) is 6.54. The zero-order chi connectivity index (χ0) is 13.7. The number of aromatic nitrogens is 2. The Hall–Kier alpha value is -1.81. The van der Waals surface area contributed by atoms with E-state index in [9.17, 15) is 0 Å². The van der Waals surface area contributed by atoms with Gasteiger partial charge in [-0.15, -0.1) is 0 Å². The molecule has 4 heteroatoms. The van der Waals surface area contributed by atoms with Crippen molar-refractivity contribution in [2.24, 2.45) is 0 Å². The molecule has 1 heterocycles. The lowest BCUT2D eigenvalue weighted by Crippen LogP contribution is -2.23. The number of nitrogens with one attached hydrogen (secondary N) is 1. The zero-order valence-corrected chi connectivity index (χ0v) is 11.8. The van der Waals surface area contributed by atoms with E-state index >= 15 is 0 Å². The maximum atomic E-state index is 5.16. The minimum absolute atomic E-state index is 0.476. The lowest BCUT2D eigenvalue weighted by atomic mass is 10.2. The second kappa shape index (κ2) is 6.38. The van der Waals surface area contributed by atoms with Crippen molar-refractivity contribution in [1.82, 2.24) is 14.9 Å². The minimum atomic E-state index is 0.476. The summed E-state index contributed by atoms with van der Waals surface area (Å²) in [6.45, 7) is 5.96. The molecule has 0 unspecified atom stereocenters. The van der Waals surface area contributed by atoms with E-state index in [2.05, 4.69) is 40.8 Å². The van der Waals surface area contributed by atoms with E-state index in [1.165, 1.54) is 11.3 Å². The highest BCUT2D eigenvalue weighted by Gasteiger charge is 2.04. The van der Waals surface area contributed by atoms with E-state index in [4.69, 9.17) is 4.74 Å². The molecule has 0 spiro atoms. The van der Waals surface area contributed by atoms with Gasteiger partial charge < -0.3 is 14.6 Å². The van der Waals surface area contributed by atoms with Crippen LogP contribution in [0.15, 0.2) is 36.8 Å². The van der Waals surface area contributed by atoms with Crippen molar-refractivity contribution < 1.29 is 4.74 Å². The van der Waals surface area contributed by atoms with Gasteiger partial charge in [-0.05, 0) is 17.7 Å². The van der Waals surface area contributed by atoms with E-state index in [1.54, 1.807) is 7.11 Å². The van der Waals surface area contributed by atoms with Crippen molar-refractivity contribution in [2.45, 2.75) is 33.0 Å². The molecular weight excluding hydrogens is 238 g/mol. The molecule has 102 valence electrons. The molecule has 0 aliphatic carbocycles. The van der Waals surface area contributed by atoms with Crippen LogP contribution in [0.5, 0.6) is 5.75 Å². The molecule has 0 aliphatic rings. The van der Waals surface area contributed by atoms with Crippen LogP contribution < -0.4 is 10.1 Å². The predicted molar refractivity (Wildman–Crippen MR) is 76.3 cm³/mol. The molecule has 1 N–H and O–H groups in total. The first kappa shape index (κ1) is 13.6. The molecule has 0 saturated heterocycles. The number of imidazole rings is 1. The Labute approximate surface area is 114 Å². The Morgan fingerprint density at radius 3 is 2.63 bits per heavy atom. The van der Waals surface area contributed by atoms with Gasteiger partial charge in [0.05, 0.1) is 19.1 Å². The van der Waals surface area contributed by atoms with Gasteiger partial charge in [-0.1, -0.05) is 26.0 Å². The summed E-state index contributed by atoms with van der Waals surface area (Å²) < 4.78 is 7.33. The highest BCUT2D eigenvalue weighted by Crippen LogP contribution is 2.13. The van der Waals surface area contributed by atoms with Crippen LogP contribution in [-0.4, -0.2) is 22.7 Å². The largest absolute Gasteiger partial charge is 0.497 e. The maximum Gasteiger partial charge on any atom is 0.118 e. The third-order valence-corrected chi connectivity index (χ3v) is 3.00. The topological polar surface area (TPSA) is 39.1 Å². The molecule has 0 radical (unpaired) electrons. The van der Waals surface area contributed by atoms with Crippen molar-refractivity contribution in [3.05, 3.63) is 48.0 Å². The fourth-order valence-electron chi connectivity index (χ4n) is 1.87. The van der Waals surface area contributed by atoms with Crippen molar-refractivity contribution in [3.8, 4) is 5.75 Å². The molecule has 0 amide bonds. The van der Waals surface area contributed by atoms with Crippen molar-refractivity contribution in [1.29, 1.82) is 0 Å². The van der Waals surface area contributed by atoms with Gasteiger partial charge >= 0.3 is 0 Å². The Morgan fingerprint density at radius 1 is 1.26 bits per heavy atom. The molecule has 1 aromatic carbocycles. The Bertz CT molecular complexity index is 502. The van der Waals surface area contributed by atoms with E-state index in [-0.39, 0.29) is 0 Å². The van der Waals surface area contributed by atoms with Crippen LogP contribution in [0.25, 0.3) is 0 Å². The SMILES string of the molecule is COc1ccc(Cn2cncc2CNC(C)C)cc1. The molecule has 4 nitrogen and oxygen atoms in total. The number of hydrogen-bond donors (Lipinski definition) is 1. The summed E-state index contributed by atoms with van der Waals surface area (Å²) in [6.07, 6.45) is 3.79. The Balaban J connectivity index is 2.03. The third kappa shape index (κ3) is 3.83. The number of nitrogens with zero attached hydrogens (tertiary/aromatic N) is 2. The van der Waals surface area contributed by atoms with Crippen LogP contribution in [0.3, 0.4) is 0 Å². The number of rotatable bonds is 6. The molecule has 0 fully saturated rings. The fraction of sp³-hybridized carbons (Fsp3) is 0.400. The van der Waals surface area contributed by atoms with Gasteiger partial charge in [0.1, 0.15) is 5.75 Å². The summed E-state index contributed by atoms with van der Waals surface area (Å²) in [5.41, 5.74) is 2.44. The van der Waals surface area contributed by atoms with Gasteiger partial charge in [-0.2, -0.15) is 0 Å². The average molecular weight is 259 g/mol. The van der Waals surface area contributed by atoms with Gasteiger partial charge in [0.2, 0.25) is 0 Å². The fourth-order valence-corrected chi connectivity index (χ4v) is 1.87. The van der Waals surface area contributed by atoms with E-state index < -0.39 is 0 Å². The summed E-state index contributed by atoms with van der Waals surface area (Å²) in [7, 11) is 1.68. The van der Waals surface area contributed by atoms with Gasteiger partial charge in [0, 0.05) is 25.3 Å². The summed E-state index contributed by atoms with van der Waals surface area (Å²) in [4.78, 5) is 4.23. The summed E-state index contributed by atoms with van der Waals surface area (Å²) >= 11 is 0. The molecule has 2 rings (SSSR count). The van der Waals surface area contributed by atoms with Gasteiger partial charge in [0.25, 0.3) is 0 Å². The minimum Gasteiger partial charge on any atom is -0.497 e. The number of benzene rings is 1. The van der Waals surface area contributed by atoms with Gasteiger partial charge in [-0.3, -0.25) is 0 Å². The van der Waals surface area contributed by atoms with Crippen LogP contribution in [0, 0.1) is 0 Å². The highest BCUT2D eigenvalue weighted by molar-refractivity contribution is 5.27. The summed E-state index contributed by atoms with van der Waals surface area (Å²) in [6, 6.07) is 8.61. The smallest absolute Gasteiger partial charge is 0.118 e. The predicted octanol–water partition coefficient (Wildman–Crippen LogP) is 2.44. The van der Waals surface area contributed by atoms with Gasteiger partial charge in [-0.25, -0.2) is 4.98 Å². The van der Waals surface area contributed by atoms with E-state index in [0.717, 1.165) is 18.8 Å². The Morgan fingerprint density at radius 2 is 2.00 bits per heavy atom. The molecular formula is C15H21N3O.